The highest BCUT2D eigenvalue weighted by atomic mass is 16.7. The Labute approximate surface area is 164 Å². The van der Waals surface area contributed by atoms with E-state index in [4.69, 9.17) is 34.4 Å². The van der Waals surface area contributed by atoms with Gasteiger partial charge in [0.05, 0.1) is 11.9 Å². The van der Waals surface area contributed by atoms with Gasteiger partial charge in [-0.3, -0.25) is 34.6 Å². The van der Waals surface area contributed by atoms with Crippen LogP contribution in [-0.2, 0) is 0 Å². The van der Waals surface area contributed by atoms with Crippen molar-refractivity contribution in [3.63, 3.8) is 0 Å². The zero-order chi connectivity index (χ0) is 23.7. The van der Waals surface area contributed by atoms with E-state index in [0.717, 1.165) is 0 Å². The number of aliphatic imine (C=N–C) groups is 2. The predicted octanol–water partition coefficient (Wildman–Crippen LogP) is -9.28. The van der Waals surface area contributed by atoms with Gasteiger partial charge >= 0.3 is 11.9 Å². The van der Waals surface area contributed by atoms with Gasteiger partial charge < -0.3 is 21.5 Å². The van der Waals surface area contributed by atoms with E-state index in [0.29, 0.717) is 0 Å². The molecule has 18 N–H and O–H groups in total. The molecule has 0 aliphatic heterocycles. The van der Waals surface area contributed by atoms with Crippen molar-refractivity contribution < 1.29 is 20.3 Å². The van der Waals surface area contributed by atoms with Gasteiger partial charge in [0.2, 0.25) is 11.9 Å². The molecule has 0 atom stereocenters. The molecule has 24 nitrogen and oxygen atoms in total. The molecule has 0 bridgehead atoms. The fraction of sp³-hybridized carbons (Fsp3) is 0. The monoisotopic (exact) mass is 434 g/mol. The Balaban J connectivity index is 0. The molecule has 0 saturated carbocycles. The van der Waals surface area contributed by atoms with Crippen LogP contribution < -0.4 is 56.3 Å². The summed E-state index contributed by atoms with van der Waals surface area (Å²) in [6, 6.07) is 0. The van der Waals surface area contributed by atoms with Gasteiger partial charge in [0, 0.05) is 0 Å². The van der Waals surface area contributed by atoms with E-state index in [-0.39, 0.29) is 11.9 Å². The molecule has 0 spiro atoms. The Morgan fingerprint density at radius 2 is 0.967 bits per heavy atom. The van der Waals surface area contributed by atoms with E-state index in [1.54, 1.807) is 0 Å². The summed E-state index contributed by atoms with van der Waals surface area (Å²) in [4.78, 5) is 26.5. The van der Waals surface area contributed by atoms with Crippen LogP contribution in [0, 0.1) is 20.2 Å². The second-order valence-corrected chi connectivity index (χ2v) is 3.82. The van der Waals surface area contributed by atoms with Crippen LogP contribution in [0.5, 0.6) is 0 Å². The maximum atomic E-state index is 9.97. The van der Waals surface area contributed by atoms with E-state index in [2.05, 4.69) is 52.9 Å². The number of nitro groups is 2. The van der Waals surface area contributed by atoms with Gasteiger partial charge in [0.25, 0.3) is 0 Å². The quantitative estimate of drug-likeness (QED) is 0.0690. The highest BCUT2D eigenvalue weighted by Gasteiger charge is 1.98. The highest BCUT2D eigenvalue weighted by Crippen LogP contribution is 2.05. The average Bonchev–Trinajstić information content (AvgIpc) is 2.62. The Bertz CT molecular complexity index is 721. The number of hydrazine groups is 2. The van der Waals surface area contributed by atoms with Crippen molar-refractivity contribution in [1.82, 2.24) is 20.4 Å². The van der Waals surface area contributed by atoms with E-state index >= 15 is 0 Å². The third-order valence-corrected chi connectivity index (χ3v) is 1.59. The smallest absolute Gasteiger partial charge is 0.360 e. The minimum atomic E-state index is -1.07. The molecule has 0 amide bonds. The van der Waals surface area contributed by atoms with Crippen LogP contribution >= 0.6 is 0 Å². The SMILES string of the molecule is N/C(=N\c1nnc(/N=C(\N)[N-][N+](=O)[O-])nn1)[N-][N+](=O)[O-].N[NH+]=C(N)N.N[NH+]=C(N)N. The number of nitrogens with one attached hydrogen (secondary N) is 2. The van der Waals surface area contributed by atoms with Crippen LogP contribution in [0.15, 0.2) is 9.98 Å². The van der Waals surface area contributed by atoms with Crippen LogP contribution in [0.3, 0.4) is 0 Å². The van der Waals surface area contributed by atoms with Crippen molar-refractivity contribution >= 4 is 35.7 Å². The molecule has 0 aromatic carbocycles. The van der Waals surface area contributed by atoms with E-state index in [1.807, 2.05) is 10.2 Å². The standard InChI is InChI=1S/C4H4N12O4.2CH6N4/c5-1(13-15(17)18)7-3-9-11-4(12-10-3)8-2(6)14-16(19)20;2*2-1(3)5-4/h(H4-2,5,6,7,8,9,10,11,12,13,14);2*4H2,(H4,2,3,5)/q-2;;/p+2. The summed E-state index contributed by atoms with van der Waals surface area (Å²) >= 11 is 0. The minimum absolute atomic E-state index is 0.0324. The first kappa shape index (κ1) is 26.6. The van der Waals surface area contributed by atoms with Crippen molar-refractivity contribution in [1.29, 1.82) is 0 Å². The third kappa shape index (κ3) is 17.2. The molecule has 0 radical (unpaired) electrons. The van der Waals surface area contributed by atoms with E-state index in [1.165, 1.54) is 0 Å². The molecule has 0 saturated heterocycles. The summed E-state index contributed by atoms with van der Waals surface area (Å²) in [5, 5.41) is 35.0. The van der Waals surface area contributed by atoms with E-state index in [9.17, 15) is 20.2 Å². The molecule has 0 aliphatic rings. The van der Waals surface area contributed by atoms with Gasteiger partial charge in [0.1, 0.15) is 10.1 Å². The van der Waals surface area contributed by atoms with Crippen molar-refractivity contribution in [2.75, 3.05) is 0 Å². The Morgan fingerprint density at radius 3 is 1.13 bits per heavy atom. The molecule has 1 aromatic rings. The lowest BCUT2D eigenvalue weighted by Gasteiger charge is -2.03. The predicted molar refractivity (Wildman–Crippen MR) is 98.0 cm³/mol. The summed E-state index contributed by atoms with van der Waals surface area (Å²) in [6.07, 6.45) is 0. The van der Waals surface area contributed by atoms with E-state index < -0.39 is 33.9 Å². The lowest BCUT2D eigenvalue weighted by atomic mass is 10.9. The lowest BCUT2D eigenvalue weighted by Crippen LogP contribution is -2.84. The largest absolute Gasteiger partial charge is 0.449 e. The fourth-order valence-corrected chi connectivity index (χ4v) is 0.725. The number of hydrogen-bond donors (Lipinski definition) is 10. The zero-order valence-electron chi connectivity index (χ0n) is 14.7. The number of aromatic nitrogens is 4. The number of guanidine groups is 4. The molecule has 1 rings (SSSR count). The maximum absolute atomic E-state index is 9.97. The van der Waals surface area contributed by atoms with Crippen molar-refractivity contribution in [2.45, 2.75) is 0 Å². The summed E-state index contributed by atoms with van der Waals surface area (Å²) in [7, 11) is 0. The Hall–Kier alpha value is -5.58. The summed E-state index contributed by atoms with van der Waals surface area (Å²) in [6.45, 7) is 0. The van der Waals surface area contributed by atoms with Crippen LogP contribution in [0.4, 0.5) is 11.9 Å². The number of nitrogens with zero attached hydrogens (tertiary/aromatic N) is 10. The molecule has 30 heavy (non-hydrogen) atoms. The van der Waals surface area contributed by atoms with Crippen LogP contribution in [0.25, 0.3) is 10.9 Å². The second kappa shape index (κ2) is 14.6. The average molecular weight is 434 g/mol. The van der Waals surface area contributed by atoms with Crippen molar-refractivity contribution in [3.05, 3.63) is 31.1 Å². The maximum Gasteiger partial charge on any atom is 0.360 e. The topological polar surface area (TPSA) is 427 Å². The Kier molecular flexibility index (Phi) is 12.9. The molecule has 0 aliphatic carbocycles. The molecule has 166 valence electrons. The normalized spacial score (nSPS) is 10.0. The summed E-state index contributed by atoms with van der Waals surface area (Å²) < 4.78 is 0. The number of nitrogens with two attached hydrogens (primary N) is 8. The number of rotatable bonds is 4. The highest BCUT2D eigenvalue weighted by molar-refractivity contribution is 5.90. The van der Waals surface area contributed by atoms with Crippen molar-refractivity contribution in [2.24, 2.45) is 56.1 Å². The lowest BCUT2D eigenvalue weighted by molar-refractivity contribution is -0.471. The van der Waals surface area contributed by atoms with Gasteiger partial charge in [0.15, 0.2) is 0 Å². The number of hydrazone groups is 2. The van der Waals surface area contributed by atoms with Gasteiger partial charge in [-0.25, -0.2) is 20.2 Å². The zero-order valence-corrected chi connectivity index (χ0v) is 14.7. The van der Waals surface area contributed by atoms with Gasteiger partial charge in [-0.1, -0.05) is 10.9 Å². The molecule has 24 heteroatoms. The van der Waals surface area contributed by atoms with Crippen LogP contribution in [0.2, 0.25) is 0 Å². The number of hydrogen-bond acceptors (Lipinski definition) is 12. The van der Waals surface area contributed by atoms with Crippen molar-refractivity contribution in [3.8, 4) is 0 Å². The first-order valence-electron chi connectivity index (χ1n) is 6.58. The summed E-state index contributed by atoms with van der Waals surface area (Å²) in [5.41, 5.74) is 34.4. The van der Waals surface area contributed by atoms with Gasteiger partial charge in [-0.05, 0) is 0 Å². The summed E-state index contributed by atoms with van der Waals surface area (Å²) in [5.74, 6) is 7.02. The molecular formula is C6H18N20O4. The molecule has 1 aromatic heterocycles. The Morgan fingerprint density at radius 1 is 0.733 bits per heavy atom. The first-order chi connectivity index (χ1) is 13.9. The molecule has 0 unspecified atom stereocenters. The first-order valence-corrected chi connectivity index (χ1v) is 6.58. The molecule has 0 fully saturated rings. The van der Waals surface area contributed by atoms with Gasteiger partial charge in [-0.2, -0.15) is 10.2 Å². The second-order valence-electron chi connectivity index (χ2n) is 3.82. The van der Waals surface area contributed by atoms with Crippen LogP contribution in [0.1, 0.15) is 0 Å². The van der Waals surface area contributed by atoms with Gasteiger partial charge in [-0.15, -0.1) is 20.4 Å². The molecule has 1 heterocycles. The molecular weight excluding hydrogens is 416 g/mol. The fourth-order valence-electron chi connectivity index (χ4n) is 0.725. The third-order valence-electron chi connectivity index (χ3n) is 1.59. The van der Waals surface area contributed by atoms with Crippen LogP contribution in [-0.4, -0.2) is 54.3 Å². The minimum Gasteiger partial charge on any atom is -0.449 e.